The van der Waals surface area contributed by atoms with E-state index in [1.165, 1.54) is 35.6 Å². The van der Waals surface area contributed by atoms with Gasteiger partial charge in [0.25, 0.3) is 15.9 Å². The van der Waals surface area contributed by atoms with Crippen LogP contribution in [0.2, 0.25) is 5.02 Å². The van der Waals surface area contributed by atoms with Crippen molar-refractivity contribution in [2.24, 2.45) is 0 Å². The third kappa shape index (κ3) is 5.31. The second-order valence-electron chi connectivity index (χ2n) is 6.62. The number of halogens is 1. The lowest BCUT2D eigenvalue weighted by Gasteiger charge is -2.20. The first kappa shape index (κ1) is 21.7. The molecular formula is C22H21ClN2O4S. The topological polar surface area (TPSA) is 75.7 Å². The van der Waals surface area contributed by atoms with Crippen molar-refractivity contribution in [1.82, 2.24) is 0 Å². The highest BCUT2D eigenvalue weighted by Crippen LogP contribution is 2.25. The van der Waals surface area contributed by atoms with Gasteiger partial charge < -0.3 is 10.1 Å². The number of aryl methyl sites for hydroxylation is 1. The summed E-state index contributed by atoms with van der Waals surface area (Å²) in [6.45, 7) is 1.81. The van der Waals surface area contributed by atoms with Crippen LogP contribution in [0.25, 0.3) is 0 Å². The Morgan fingerprint density at radius 1 is 0.967 bits per heavy atom. The number of nitrogens with zero attached hydrogens (tertiary/aromatic N) is 1. The average Bonchev–Trinajstić information content (AvgIpc) is 2.74. The fourth-order valence-electron chi connectivity index (χ4n) is 2.64. The van der Waals surface area contributed by atoms with E-state index in [9.17, 15) is 13.2 Å². The second-order valence-corrected chi connectivity index (χ2v) is 9.03. The number of hydrogen-bond acceptors (Lipinski definition) is 4. The third-order valence-electron chi connectivity index (χ3n) is 4.38. The number of rotatable bonds is 7. The molecule has 6 nitrogen and oxygen atoms in total. The summed E-state index contributed by atoms with van der Waals surface area (Å²) < 4.78 is 32.1. The highest BCUT2D eigenvalue weighted by molar-refractivity contribution is 7.92. The van der Waals surface area contributed by atoms with Crippen LogP contribution in [0, 0.1) is 6.92 Å². The summed E-state index contributed by atoms with van der Waals surface area (Å²) in [4.78, 5) is 12.2. The number of nitrogens with one attached hydrogen (secondary N) is 1. The van der Waals surface area contributed by atoms with Crippen LogP contribution in [0.1, 0.15) is 5.56 Å². The standard InChI is InChI=1S/C22H21ClN2O4S/c1-16-3-7-18(8-4-16)24-22(26)15-29-20-11-9-19(10-12-20)25(2)30(27,28)21-13-5-17(23)6-14-21/h3-14H,15H2,1-2H3,(H,24,26). The van der Waals surface area contributed by atoms with Gasteiger partial charge in [-0.15, -0.1) is 0 Å². The first-order chi connectivity index (χ1) is 14.3. The van der Waals surface area contributed by atoms with E-state index in [0.29, 0.717) is 22.1 Å². The van der Waals surface area contributed by atoms with Crippen molar-refractivity contribution in [2.75, 3.05) is 23.3 Å². The zero-order valence-electron chi connectivity index (χ0n) is 16.5. The summed E-state index contributed by atoms with van der Waals surface area (Å²) in [6, 6.07) is 19.9. The monoisotopic (exact) mass is 444 g/mol. The number of amides is 1. The van der Waals surface area contributed by atoms with E-state index in [2.05, 4.69) is 5.32 Å². The summed E-state index contributed by atoms with van der Waals surface area (Å²) in [5.74, 6) is 0.167. The maximum atomic E-state index is 12.7. The fourth-order valence-corrected chi connectivity index (χ4v) is 3.96. The van der Waals surface area contributed by atoms with Crippen molar-refractivity contribution in [2.45, 2.75) is 11.8 Å². The van der Waals surface area contributed by atoms with Crippen molar-refractivity contribution in [3.05, 3.63) is 83.4 Å². The van der Waals surface area contributed by atoms with Crippen LogP contribution in [0.15, 0.2) is 77.7 Å². The molecule has 0 spiro atoms. The van der Waals surface area contributed by atoms with Crippen LogP contribution < -0.4 is 14.4 Å². The molecule has 0 unspecified atom stereocenters. The van der Waals surface area contributed by atoms with E-state index in [1.807, 2.05) is 31.2 Å². The van der Waals surface area contributed by atoms with Crippen molar-refractivity contribution >= 4 is 38.9 Å². The molecule has 0 aliphatic rings. The lowest BCUT2D eigenvalue weighted by Crippen LogP contribution is -2.26. The Bertz CT molecular complexity index is 1110. The first-order valence-corrected chi connectivity index (χ1v) is 10.9. The largest absolute Gasteiger partial charge is 0.484 e. The zero-order valence-corrected chi connectivity index (χ0v) is 18.1. The molecule has 3 rings (SSSR count). The Balaban J connectivity index is 1.60. The van der Waals surface area contributed by atoms with Gasteiger partial charge in [-0.1, -0.05) is 29.3 Å². The van der Waals surface area contributed by atoms with E-state index >= 15 is 0 Å². The molecule has 0 aromatic heterocycles. The Kier molecular flexibility index (Phi) is 6.64. The van der Waals surface area contributed by atoms with Gasteiger partial charge >= 0.3 is 0 Å². The van der Waals surface area contributed by atoms with Gasteiger partial charge in [-0.2, -0.15) is 0 Å². The van der Waals surface area contributed by atoms with Crippen LogP contribution in [-0.4, -0.2) is 28.0 Å². The number of carbonyl (C=O) groups excluding carboxylic acids is 1. The van der Waals surface area contributed by atoms with Crippen molar-refractivity contribution in [3.8, 4) is 5.75 Å². The molecule has 1 amide bonds. The van der Waals surface area contributed by atoms with Gasteiger partial charge in [0.15, 0.2) is 6.61 Å². The van der Waals surface area contributed by atoms with Crippen LogP contribution >= 0.6 is 11.6 Å². The minimum Gasteiger partial charge on any atom is -0.484 e. The Hall–Kier alpha value is -3.03. The number of hydrogen-bond donors (Lipinski definition) is 1. The van der Waals surface area contributed by atoms with Crippen LogP contribution in [-0.2, 0) is 14.8 Å². The van der Waals surface area contributed by atoms with Crippen LogP contribution in [0.3, 0.4) is 0 Å². The molecule has 0 saturated carbocycles. The van der Waals surface area contributed by atoms with Gasteiger partial charge in [-0.25, -0.2) is 8.42 Å². The maximum Gasteiger partial charge on any atom is 0.264 e. The van der Waals surface area contributed by atoms with Crippen molar-refractivity contribution in [3.63, 3.8) is 0 Å². The molecule has 0 saturated heterocycles. The second kappa shape index (κ2) is 9.19. The van der Waals surface area contributed by atoms with Crippen molar-refractivity contribution < 1.29 is 17.9 Å². The molecule has 0 fully saturated rings. The molecule has 8 heteroatoms. The Morgan fingerprint density at radius 3 is 2.17 bits per heavy atom. The maximum absolute atomic E-state index is 12.7. The molecule has 0 atom stereocenters. The SMILES string of the molecule is Cc1ccc(NC(=O)COc2ccc(N(C)S(=O)(=O)c3ccc(Cl)cc3)cc2)cc1. The summed E-state index contributed by atoms with van der Waals surface area (Å²) in [6.07, 6.45) is 0. The number of sulfonamides is 1. The van der Waals surface area contributed by atoms with Gasteiger partial charge in [-0.3, -0.25) is 9.10 Å². The predicted octanol–water partition coefficient (Wildman–Crippen LogP) is 4.49. The molecule has 0 radical (unpaired) electrons. The minimum atomic E-state index is -3.72. The molecule has 1 N–H and O–H groups in total. The van der Waals surface area contributed by atoms with E-state index in [4.69, 9.17) is 16.3 Å². The number of ether oxygens (including phenoxy) is 1. The summed E-state index contributed by atoms with van der Waals surface area (Å²) >= 11 is 5.83. The Labute approximate surface area is 181 Å². The highest BCUT2D eigenvalue weighted by Gasteiger charge is 2.21. The molecule has 0 heterocycles. The zero-order chi connectivity index (χ0) is 21.7. The lowest BCUT2D eigenvalue weighted by atomic mass is 10.2. The molecule has 156 valence electrons. The molecule has 0 bridgehead atoms. The van der Waals surface area contributed by atoms with Crippen molar-refractivity contribution in [1.29, 1.82) is 0 Å². The van der Waals surface area contributed by atoms with Gasteiger partial charge in [0.1, 0.15) is 5.75 Å². The van der Waals surface area contributed by atoms with Gasteiger partial charge in [0.05, 0.1) is 10.6 Å². The molecular weight excluding hydrogens is 424 g/mol. The normalized spacial score (nSPS) is 11.0. The number of carbonyl (C=O) groups is 1. The summed E-state index contributed by atoms with van der Waals surface area (Å²) in [5.41, 5.74) is 2.26. The smallest absolute Gasteiger partial charge is 0.264 e. The van der Waals surface area contributed by atoms with E-state index in [1.54, 1.807) is 24.3 Å². The highest BCUT2D eigenvalue weighted by atomic mass is 35.5. The van der Waals surface area contributed by atoms with Gasteiger partial charge in [0.2, 0.25) is 0 Å². The van der Waals surface area contributed by atoms with E-state index < -0.39 is 10.0 Å². The predicted molar refractivity (Wildman–Crippen MR) is 119 cm³/mol. The lowest BCUT2D eigenvalue weighted by molar-refractivity contribution is -0.118. The first-order valence-electron chi connectivity index (χ1n) is 9.09. The molecule has 30 heavy (non-hydrogen) atoms. The fraction of sp³-hybridized carbons (Fsp3) is 0.136. The van der Waals surface area contributed by atoms with Gasteiger partial charge in [-0.05, 0) is 67.6 Å². The third-order valence-corrected chi connectivity index (χ3v) is 6.43. The molecule has 0 aliphatic heterocycles. The average molecular weight is 445 g/mol. The molecule has 3 aromatic carbocycles. The Morgan fingerprint density at radius 2 is 1.57 bits per heavy atom. The molecule has 3 aromatic rings. The van der Waals surface area contributed by atoms with E-state index in [0.717, 1.165) is 5.56 Å². The summed E-state index contributed by atoms with van der Waals surface area (Å²) in [7, 11) is -2.25. The van der Waals surface area contributed by atoms with Crippen LogP contribution in [0.4, 0.5) is 11.4 Å². The van der Waals surface area contributed by atoms with E-state index in [-0.39, 0.29) is 17.4 Å². The number of benzene rings is 3. The quantitative estimate of drug-likeness (QED) is 0.582. The number of anilines is 2. The van der Waals surface area contributed by atoms with Crippen LogP contribution in [0.5, 0.6) is 5.75 Å². The summed E-state index contributed by atoms with van der Waals surface area (Å²) in [5, 5.41) is 3.21. The minimum absolute atomic E-state index is 0.141. The molecule has 0 aliphatic carbocycles. The van der Waals surface area contributed by atoms with Gasteiger partial charge in [0, 0.05) is 17.8 Å².